The minimum Gasteiger partial charge on any atom is -0.315 e. The van der Waals surface area contributed by atoms with E-state index in [1.807, 2.05) is 38.2 Å². The Morgan fingerprint density at radius 3 is 2.37 bits per heavy atom. The maximum absolute atomic E-state index is 11.8. The molecule has 0 unspecified atom stereocenters. The van der Waals surface area contributed by atoms with Gasteiger partial charge in [-0.3, -0.25) is 0 Å². The summed E-state index contributed by atoms with van der Waals surface area (Å²) in [7, 11) is -5.50. The van der Waals surface area contributed by atoms with Gasteiger partial charge in [0, 0.05) is 0 Å². The zero-order valence-corrected chi connectivity index (χ0v) is 13.9. The Kier molecular flexibility index (Phi) is 6.23. The molecule has 108 valence electrons. The lowest BCUT2D eigenvalue weighted by Gasteiger charge is -2.22. The van der Waals surface area contributed by atoms with Crippen molar-refractivity contribution in [3.63, 3.8) is 0 Å². The predicted octanol–water partition coefficient (Wildman–Crippen LogP) is 3.58. The fourth-order valence-electron chi connectivity index (χ4n) is 1.84. The molecule has 0 saturated carbocycles. The molecule has 0 amide bonds. The molecule has 0 aromatic heterocycles. The Morgan fingerprint density at radius 2 is 1.79 bits per heavy atom. The van der Waals surface area contributed by atoms with Crippen LogP contribution < -0.4 is 0 Å². The summed E-state index contributed by atoms with van der Waals surface area (Å²) in [6.07, 6.45) is 2.42. The lowest BCUT2D eigenvalue weighted by Crippen LogP contribution is -2.34. The van der Waals surface area contributed by atoms with Crippen molar-refractivity contribution in [2.24, 2.45) is 0 Å². The van der Waals surface area contributed by atoms with Crippen LogP contribution in [0.25, 0.3) is 0 Å². The van der Waals surface area contributed by atoms with Gasteiger partial charge in [-0.05, 0) is 37.5 Å². The molecule has 0 atom stereocenters. The molecule has 0 aliphatic heterocycles. The van der Waals surface area contributed by atoms with E-state index in [2.05, 4.69) is 12.1 Å². The number of rotatable bonds is 8. The Morgan fingerprint density at radius 1 is 1.16 bits per heavy atom. The van der Waals surface area contributed by atoms with E-state index < -0.39 is 18.4 Å². The van der Waals surface area contributed by atoms with Gasteiger partial charge in [-0.1, -0.05) is 43.7 Å². The van der Waals surface area contributed by atoms with Gasteiger partial charge in [-0.2, -0.15) is 0 Å². The molecule has 0 saturated heterocycles. The predicted molar refractivity (Wildman–Crippen MR) is 82.2 cm³/mol. The number of hydrogen-bond acceptors (Lipinski definition) is 3. The lowest BCUT2D eigenvalue weighted by atomic mass is 10.2. The van der Waals surface area contributed by atoms with Gasteiger partial charge in [0.2, 0.25) is 8.32 Å². The van der Waals surface area contributed by atoms with Gasteiger partial charge in [-0.15, -0.1) is 0 Å². The zero-order valence-electron chi connectivity index (χ0n) is 12.1. The summed E-state index contributed by atoms with van der Waals surface area (Å²) in [4.78, 5) is 0. The first-order chi connectivity index (χ1) is 8.85. The fraction of sp³-hybridized carbons (Fsp3) is 0.571. The van der Waals surface area contributed by atoms with Crippen molar-refractivity contribution >= 4 is 18.4 Å². The highest BCUT2D eigenvalue weighted by Crippen LogP contribution is 2.18. The molecule has 3 nitrogen and oxygen atoms in total. The largest absolute Gasteiger partial charge is 0.315 e. The monoisotopic (exact) mass is 300 g/mol. The topological polar surface area (TPSA) is 43.4 Å². The number of aryl methyl sites for hydroxylation is 1. The minimum atomic E-state index is -3.34. The fourth-order valence-corrected chi connectivity index (χ4v) is 6.79. The molecule has 0 heterocycles. The molecule has 0 radical (unpaired) electrons. The second-order valence-electron chi connectivity index (χ2n) is 5.44. The van der Waals surface area contributed by atoms with Gasteiger partial charge in [-0.25, -0.2) is 8.42 Å². The molecule has 0 bridgehead atoms. The highest BCUT2D eigenvalue weighted by molar-refractivity contribution is 7.87. The molecule has 0 aliphatic rings. The van der Waals surface area contributed by atoms with E-state index in [9.17, 15) is 8.42 Å². The molecule has 5 heteroatoms. The van der Waals surface area contributed by atoms with E-state index in [1.54, 1.807) is 0 Å². The molecule has 1 aromatic rings. The van der Waals surface area contributed by atoms with Crippen LogP contribution >= 0.6 is 0 Å². The van der Waals surface area contributed by atoms with Gasteiger partial charge in [0.1, 0.15) is 0 Å². The van der Waals surface area contributed by atoms with E-state index >= 15 is 0 Å². The maximum Gasteiger partial charge on any atom is 0.257 e. The average Bonchev–Trinajstić information content (AvgIpc) is 2.34. The van der Waals surface area contributed by atoms with Crippen molar-refractivity contribution in [1.29, 1.82) is 0 Å². The molecular formula is C14H24O3SSi. The highest BCUT2D eigenvalue weighted by atomic mass is 32.2. The Hall–Kier alpha value is -0.653. The number of hydrogen-bond donors (Lipinski definition) is 0. The summed E-state index contributed by atoms with van der Waals surface area (Å²) in [5.74, 6) is 0.144. The summed E-state index contributed by atoms with van der Waals surface area (Å²) in [5, 5.41) is 0. The van der Waals surface area contributed by atoms with Gasteiger partial charge >= 0.3 is 0 Å². The first-order valence-electron chi connectivity index (χ1n) is 6.82. The van der Waals surface area contributed by atoms with Gasteiger partial charge in [0.05, 0.1) is 5.75 Å². The SMILES string of the molecule is CCCCS(=O)(=O)O[Si](C)(C)CCc1ccccc1. The molecule has 1 aromatic carbocycles. The molecule has 19 heavy (non-hydrogen) atoms. The third kappa shape index (κ3) is 6.89. The maximum atomic E-state index is 11.8. The Labute approximate surface area is 118 Å². The molecule has 0 aliphatic carbocycles. The molecule has 0 N–H and O–H groups in total. The Bertz CT molecular complexity index is 469. The normalized spacial score (nSPS) is 12.6. The summed E-state index contributed by atoms with van der Waals surface area (Å²) < 4.78 is 29.1. The van der Waals surface area contributed by atoms with Crippen LogP contribution in [0.4, 0.5) is 0 Å². The van der Waals surface area contributed by atoms with E-state index in [-0.39, 0.29) is 5.75 Å². The molecule has 1 rings (SSSR count). The highest BCUT2D eigenvalue weighted by Gasteiger charge is 2.29. The molecular weight excluding hydrogens is 276 g/mol. The van der Waals surface area contributed by atoms with Crippen LogP contribution in [0, 0.1) is 0 Å². The van der Waals surface area contributed by atoms with Crippen LogP contribution in [0.5, 0.6) is 0 Å². The van der Waals surface area contributed by atoms with Crippen LogP contribution in [0.2, 0.25) is 19.1 Å². The Balaban J connectivity index is 2.52. The van der Waals surface area contributed by atoms with Crippen molar-refractivity contribution in [3.8, 4) is 0 Å². The quantitative estimate of drug-likeness (QED) is 0.689. The third-order valence-corrected chi connectivity index (χ3v) is 8.02. The first kappa shape index (κ1) is 16.4. The summed E-state index contributed by atoms with van der Waals surface area (Å²) in [6.45, 7) is 5.92. The molecule has 0 spiro atoms. The van der Waals surface area contributed by atoms with Crippen molar-refractivity contribution in [2.45, 2.75) is 45.3 Å². The van der Waals surface area contributed by atoms with Crippen LogP contribution in [0.1, 0.15) is 25.3 Å². The van der Waals surface area contributed by atoms with E-state index in [0.717, 1.165) is 18.9 Å². The second kappa shape index (κ2) is 7.22. The van der Waals surface area contributed by atoms with E-state index in [0.29, 0.717) is 6.42 Å². The van der Waals surface area contributed by atoms with Gasteiger partial charge in [0.25, 0.3) is 10.1 Å². The average molecular weight is 300 g/mol. The van der Waals surface area contributed by atoms with Crippen molar-refractivity contribution in [1.82, 2.24) is 0 Å². The van der Waals surface area contributed by atoms with Gasteiger partial charge in [0.15, 0.2) is 0 Å². The van der Waals surface area contributed by atoms with Gasteiger partial charge < -0.3 is 3.87 Å². The smallest absolute Gasteiger partial charge is 0.257 e. The summed E-state index contributed by atoms with van der Waals surface area (Å²) in [5.41, 5.74) is 1.23. The minimum absolute atomic E-state index is 0.144. The second-order valence-corrected chi connectivity index (χ2v) is 11.7. The van der Waals surface area contributed by atoms with E-state index in [4.69, 9.17) is 3.87 Å². The van der Waals surface area contributed by atoms with Crippen LogP contribution in [0.15, 0.2) is 30.3 Å². The first-order valence-corrected chi connectivity index (χ1v) is 11.5. The number of benzene rings is 1. The van der Waals surface area contributed by atoms with Crippen LogP contribution in [-0.4, -0.2) is 22.5 Å². The summed E-state index contributed by atoms with van der Waals surface area (Å²) >= 11 is 0. The zero-order chi connectivity index (χ0) is 14.4. The summed E-state index contributed by atoms with van der Waals surface area (Å²) in [6, 6.07) is 10.9. The van der Waals surface area contributed by atoms with Crippen molar-refractivity contribution in [2.75, 3.05) is 5.75 Å². The third-order valence-electron chi connectivity index (χ3n) is 2.96. The van der Waals surface area contributed by atoms with E-state index in [1.165, 1.54) is 5.56 Å². The lowest BCUT2D eigenvalue weighted by molar-refractivity contribution is 0.479. The molecule has 0 fully saturated rings. The number of unbranched alkanes of at least 4 members (excludes halogenated alkanes) is 1. The standard InChI is InChI=1S/C14H24O3SSi/c1-4-5-12-18(15,16)17-19(2,3)13-11-14-9-7-6-8-10-14/h6-10H,4-5,11-13H2,1-3H3. The van der Waals surface area contributed by atoms with Crippen LogP contribution in [0.3, 0.4) is 0 Å². The van der Waals surface area contributed by atoms with Crippen molar-refractivity contribution in [3.05, 3.63) is 35.9 Å². The van der Waals surface area contributed by atoms with Crippen LogP contribution in [-0.2, 0) is 20.4 Å². The van der Waals surface area contributed by atoms with Crippen molar-refractivity contribution < 1.29 is 12.3 Å².